The predicted molar refractivity (Wildman–Crippen MR) is 103 cm³/mol. The van der Waals surface area contributed by atoms with Crippen LogP contribution in [0, 0.1) is 5.92 Å². The third kappa shape index (κ3) is 4.19. The number of nitrogens with one attached hydrogen (secondary N) is 2. The van der Waals surface area contributed by atoms with Gasteiger partial charge in [-0.1, -0.05) is 0 Å². The Labute approximate surface area is 160 Å². The first-order chi connectivity index (χ1) is 12.6. The van der Waals surface area contributed by atoms with Crippen LogP contribution in [0.3, 0.4) is 0 Å². The molecule has 0 saturated carbocycles. The van der Waals surface area contributed by atoms with E-state index >= 15 is 0 Å². The fraction of sp³-hybridized carbons (Fsp3) is 0.333. The van der Waals surface area contributed by atoms with E-state index in [4.69, 9.17) is 0 Å². The predicted octanol–water partition coefficient (Wildman–Crippen LogP) is 2.45. The lowest BCUT2D eigenvalue weighted by atomic mass is 9.95. The summed E-state index contributed by atoms with van der Waals surface area (Å²) in [5, 5.41) is 5.50. The van der Waals surface area contributed by atoms with Crippen LogP contribution in [-0.4, -0.2) is 41.9 Å². The van der Waals surface area contributed by atoms with E-state index in [1.807, 2.05) is 6.07 Å². The van der Waals surface area contributed by atoms with Crippen LogP contribution in [0.4, 0.5) is 11.6 Å². The Kier molecular flexibility index (Phi) is 5.82. The van der Waals surface area contributed by atoms with E-state index in [2.05, 4.69) is 41.4 Å². The minimum Gasteiger partial charge on any atom is -0.356 e. The fourth-order valence-electron chi connectivity index (χ4n) is 2.99. The zero-order valence-corrected chi connectivity index (χ0v) is 16.0. The molecule has 2 N–H and O–H groups in total. The second kappa shape index (κ2) is 8.27. The van der Waals surface area contributed by atoms with E-state index < -0.39 is 0 Å². The van der Waals surface area contributed by atoms with Gasteiger partial charge in [-0.15, -0.1) is 0 Å². The number of amides is 2. The van der Waals surface area contributed by atoms with Crippen molar-refractivity contribution in [1.29, 1.82) is 0 Å². The van der Waals surface area contributed by atoms with E-state index in [1.54, 1.807) is 37.6 Å². The maximum atomic E-state index is 12.5. The molecule has 0 radical (unpaired) electrons. The number of carbonyl (C=O) groups is 2. The third-order valence-electron chi connectivity index (χ3n) is 4.40. The summed E-state index contributed by atoms with van der Waals surface area (Å²) in [6, 6.07) is 7.12. The number of nitrogens with zero attached hydrogens (tertiary/aromatic N) is 3. The summed E-state index contributed by atoms with van der Waals surface area (Å²) in [5.41, 5.74) is 0.553. The maximum absolute atomic E-state index is 12.5. The van der Waals surface area contributed by atoms with Gasteiger partial charge in [0, 0.05) is 42.9 Å². The zero-order valence-electron chi connectivity index (χ0n) is 14.4. The smallest absolute Gasteiger partial charge is 0.254 e. The Bertz CT molecular complexity index is 788. The molecule has 1 aliphatic heterocycles. The normalized spacial score (nSPS) is 14.8. The molecule has 26 heavy (non-hydrogen) atoms. The summed E-state index contributed by atoms with van der Waals surface area (Å²) >= 11 is 3.32. The topological polar surface area (TPSA) is 87.2 Å². The summed E-state index contributed by atoms with van der Waals surface area (Å²) < 4.78 is 0.867. The van der Waals surface area contributed by atoms with Crippen LogP contribution in [0.1, 0.15) is 23.2 Å². The van der Waals surface area contributed by atoms with E-state index in [0.717, 1.165) is 4.47 Å². The molecule has 3 heterocycles. The molecule has 0 atom stereocenters. The number of aromatic nitrogens is 2. The molecular weight excluding hydrogens is 398 g/mol. The van der Waals surface area contributed by atoms with Crippen molar-refractivity contribution in [3.8, 4) is 0 Å². The van der Waals surface area contributed by atoms with Crippen LogP contribution in [0.25, 0.3) is 0 Å². The van der Waals surface area contributed by atoms with Gasteiger partial charge in [-0.2, -0.15) is 0 Å². The summed E-state index contributed by atoms with van der Waals surface area (Å²) in [6.45, 7) is 1.35. The van der Waals surface area contributed by atoms with Crippen molar-refractivity contribution >= 4 is 39.4 Å². The van der Waals surface area contributed by atoms with Crippen LogP contribution in [0.15, 0.2) is 41.1 Å². The number of carbonyl (C=O) groups excluding carboxylic acids is 2. The number of piperidine rings is 1. The average Bonchev–Trinajstić information content (AvgIpc) is 2.69. The summed E-state index contributed by atoms with van der Waals surface area (Å²) in [6.07, 6.45) is 4.73. The Morgan fingerprint density at radius 1 is 1.19 bits per heavy atom. The van der Waals surface area contributed by atoms with Crippen molar-refractivity contribution < 1.29 is 9.59 Å². The second-order valence-corrected chi connectivity index (χ2v) is 6.98. The van der Waals surface area contributed by atoms with E-state index in [0.29, 0.717) is 43.1 Å². The van der Waals surface area contributed by atoms with Gasteiger partial charge in [0.2, 0.25) is 5.91 Å². The molecule has 1 saturated heterocycles. The molecule has 2 amide bonds. The molecule has 3 rings (SSSR count). The van der Waals surface area contributed by atoms with Crippen LogP contribution in [0.5, 0.6) is 0 Å². The van der Waals surface area contributed by atoms with Gasteiger partial charge in [0.1, 0.15) is 11.6 Å². The van der Waals surface area contributed by atoms with E-state index in [9.17, 15) is 9.59 Å². The van der Waals surface area contributed by atoms with Crippen LogP contribution < -0.4 is 15.5 Å². The minimum absolute atomic E-state index is 0.0213. The lowest BCUT2D eigenvalue weighted by molar-refractivity contribution is -0.120. The van der Waals surface area contributed by atoms with Gasteiger partial charge >= 0.3 is 0 Å². The van der Waals surface area contributed by atoms with Crippen molar-refractivity contribution in [2.75, 3.05) is 30.4 Å². The molecule has 136 valence electrons. The van der Waals surface area contributed by atoms with E-state index in [-0.39, 0.29) is 17.7 Å². The number of halogens is 1. The lowest BCUT2D eigenvalue weighted by Crippen LogP contribution is -2.39. The highest BCUT2D eigenvalue weighted by atomic mass is 79.9. The molecule has 0 bridgehead atoms. The monoisotopic (exact) mass is 417 g/mol. The summed E-state index contributed by atoms with van der Waals surface area (Å²) in [7, 11) is 1.60. The van der Waals surface area contributed by atoms with Crippen molar-refractivity contribution in [1.82, 2.24) is 15.3 Å². The number of pyridine rings is 2. The molecule has 0 spiro atoms. The van der Waals surface area contributed by atoms with Gasteiger partial charge in [0.05, 0.1) is 5.56 Å². The Morgan fingerprint density at radius 3 is 2.62 bits per heavy atom. The van der Waals surface area contributed by atoms with Gasteiger partial charge in [-0.05, 0) is 53.0 Å². The first-order valence-corrected chi connectivity index (χ1v) is 9.22. The van der Waals surface area contributed by atoms with Crippen molar-refractivity contribution in [2.24, 2.45) is 5.92 Å². The summed E-state index contributed by atoms with van der Waals surface area (Å²) in [5.74, 6) is 0.956. The molecule has 1 aliphatic rings. The summed E-state index contributed by atoms with van der Waals surface area (Å²) in [4.78, 5) is 35.1. The SMILES string of the molecule is CNC(=O)c1cccnc1N1CCC(C(=O)Nc2ccc(Br)cn2)CC1. The largest absolute Gasteiger partial charge is 0.356 e. The van der Waals surface area contributed by atoms with Crippen LogP contribution in [0.2, 0.25) is 0 Å². The first kappa shape index (κ1) is 18.3. The first-order valence-electron chi connectivity index (χ1n) is 8.43. The third-order valence-corrected chi connectivity index (χ3v) is 4.87. The molecule has 8 heteroatoms. The highest BCUT2D eigenvalue weighted by Crippen LogP contribution is 2.25. The highest BCUT2D eigenvalue weighted by Gasteiger charge is 2.27. The zero-order chi connectivity index (χ0) is 18.5. The molecule has 0 aromatic carbocycles. The van der Waals surface area contributed by atoms with Crippen LogP contribution in [-0.2, 0) is 4.79 Å². The molecule has 1 fully saturated rings. The van der Waals surface area contributed by atoms with Crippen LogP contribution >= 0.6 is 15.9 Å². The van der Waals surface area contributed by atoms with Crippen molar-refractivity contribution in [3.63, 3.8) is 0 Å². The van der Waals surface area contributed by atoms with Gasteiger partial charge in [-0.3, -0.25) is 9.59 Å². The lowest BCUT2D eigenvalue weighted by Gasteiger charge is -2.32. The standard InChI is InChI=1S/C18H20BrN5O2/c1-20-18(26)14-3-2-8-21-16(14)24-9-6-12(7-10-24)17(25)23-15-5-4-13(19)11-22-15/h2-5,8,11-12H,6-7,9-10H2,1H3,(H,20,26)(H,22,23,25). The van der Waals surface area contributed by atoms with Gasteiger partial charge < -0.3 is 15.5 Å². The van der Waals surface area contributed by atoms with Gasteiger partial charge in [-0.25, -0.2) is 9.97 Å². The van der Waals surface area contributed by atoms with E-state index in [1.165, 1.54) is 0 Å². The number of anilines is 2. The molecular formula is C18H20BrN5O2. The molecule has 7 nitrogen and oxygen atoms in total. The van der Waals surface area contributed by atoms with Gasteiger partial charge in [0.25, 0.3) is 5.91 Å². The number of hydrogen-bond donors (Lipinski definition) is 2. The maximum Gasteiger partial charge on any atom is 0.254 e. The number of rotatable bonds is 4. The molecule has 0 aliphatic carbocycles. The Hall–Kier alpha value is -2.48. The Morgan fingerprint density at radius 2 is 1.96 bits per heavy atom. The van der Waals surface area contributed by atoms with Gasteiger partial charge in [0.15, 0.2) is 0 Å². The van der Waals surface area contributed by atoms with Crippen molar-refractivity contribution in [3.05, 3.63) is 46.7 Å². The quantitative estimate of drug-likeness (QED) is 0.797. The fourth-order valence-corrected chi connectivity index (χ4v) is 3.23. The average molecular weight is 418 g/mol. The molecule has 0 unspecified atom stereocenters. The van der Waals surface area contributed by atoms with Crippen molar-refractivity contribution in [2.45, 2.75) is 12.8 Å². The minimum atomic E-state index is -0.158. The highest BCUT2D eigenvalue weighted by molar-refractivity contribution is 9.10. The Balaban J connectivity index is 1.62. The second-order valence-electron chi connectivity index (χ2n) is 6.07. The molecule has 2 aromatic heterocycles. The molecule has 2 aromatic rings. The number of hydrogen-bond acceptors (Lipinski definition) is 5.